The van der Waals surface area contributed by atoms with E-state index in [0.29, 0.717) is 17.2 Å². The molecule has 0 fully saturated rings. The number of ether oxygens (including phenoxy) is 3. The fourth-order valence-electron chi connectivity index (χ4n) is 2.12. The largest absolute Gasteiger partial charge is 0.496 e. The first kappa shape index (κ1) is 14.7. The highest BCUT2D eigenvalue weighted by Gasteiger charge is 2.17. The minimum absolute atomic E-state index is 0.153. The third-order valence-corrected chi connectivity index (χ3v) is 3.90. The standard InChI is InChI=1S/C15H19NO3S/c1-17-13-8-15(19-3)14(18-2)7-11(13)12(16)6-10-4-5-20-9-10/h4-5,7-9,12H,6,16H2,1-3H3. The van der Waals surface area contributed by atoms with Crippen molar-refractivity contribution in [3.05, 3.63) is 40.1 Å². The van der Waals surface area contributed by atoms with Crippen LogP contribution in [0.5, 0.6) is 17.2 Å². The quantitative estimate of drug-likeness (QED) is 0.889. The lowest BCUT2D eigenvalue weighted by molar-refractivity contribution is 0.346. The summed E-state index contributed by atoms with van der Waals surface area (Å²) in [5.74, 6) is 2.00. The van der Waals surface area contributed by atoms with E-state index in [9.17, 15) is 0 Å². The third kappa shape index (κ3) is 3.05. The number of benzene rings is 1. The van der Waals surface area contributed by atoms with E-state index in [1.165, 1.54) is 5.56 Å². The van der Waals surface area contributed by atoms with Crippen molar-refractivity contribution in [1.82, 2.24) is 0 Å². The Morgan fingerprint density at radius 3 is 2.25 bits per heavy atom. The van der Waals surface area contributed by atoms with Gasteiger partial charge in [-0.05, 0) is 34.9 Å². The average Bonchev–Trinajstić information content (AvgIpc) is 2.98. The Kier molecular flexibility index (Phi) is 4.87. The van der Waals surface area contributed by atoms with Crippen LogP contribution in [0.4, 0.5) is 0 Å². The van der Waals surface area contributed by atoms with Gasteiger partial charge in [0.1, 0.15) is 5.75 Å². The van der Waals surface area contributed by atoms with Crippen molar-refractivity contribution in [2.75, 3.05) is 21.3 Å². The summed E-state index contributed by atoms with van der Waals surface area (Å²) < 4.78 is 16.0. The summed E-state index contributed by atoms with van der Waals surface area (Å²) in [6.07, 6.45) is 0.759. The molecule has 0 spiro atoms. The molecule has 1 atom stereocenters. The van der Waals surface area contributed by atoms with E-state index in [1.807, 2.05) is 17.5 Å². The van der Waals surface area contributed by atoms with Gasteiger partial charge in [-0.1, -0.05) is 0 Å². The van der Waals surface area contributed by atoms with Gasteiger partial charge in [0.15, 0.2) is 11.5 Å². The van der Waals surface area contributed by atoms with Crippen molar-refractivity contribution >= 4 is 11.3 Å². The fraction of sp³-hybridized carbons (Fsp3) is 0.333. The first-order chi connectivity index (χ1) is 9.69. The van der Waals surface area contributed by atoms with E-state index < -0.39 is 0 Å². The highest BCUT2D eigenvalue weighted by molar-refractivity contribution is 7.07. The number of thiophene rings is 1. The first-order valence-corrected chi connectivity index (χ1v) is 7.20. The van der Waals surface area contributed by atoms with Crippen molar-refractivity contribution < 1.29 is 14.2 Å². The van der Waals surface area contributed by atoms with Gasteiger partial charge in [-0.2, -0.15) is 11.3 Å². The molecule has 0 aliphatic carbocycles. The summed E-state index contributed by atoms with van der Waals surface area (Å²) >= 11 is 1.67. The van der Waals surface area contributed by atoms with E-state index in [-0.39, 0.29) is 6.04 Å². The minimum atomic E-state index is -0.153. The van der Waals surface area contributed by atoms with E-state index in [0.717, 1.165) is 12.0 Å². The lowest BCUT2D eigenvalue weighted by Crippen LogP contribution is -2.14. The molecule has 1 unspecified atom stereocenters. The topological polar surface area (TPSA) is 53.7 Å². The Balaban J connectivity index is 2.33. The van der Waals surface area contributed by atoms with Crippen LogP contribution >= 0.6 is 11.3 Å². The van der Waals surface area contributed by atoms with Gasteiger partial charge in [-0.3, -0.25) is 0 Å². The molecule has 20 heavy (non-hydrogen) atoms. The maximum atomic E-state index is 6.31. The van der Waals surface area contributed by atoms with Crippen LogP contribution in [-0.2, 0) is 6.42 Å². The van der Waals surface area contributed by atoms with E-state index in [2.05, 4.69) is 11.4 Å². The second-order valence-corrected chi connectivity index (χ2v) is 5.17. The average molecular weight is 293 g/mol. The molecular weight excluding hydrogens is 274 g/mol. The van der Waals surface area contributed by atoms with E-state index in [1.54, 1.807) is 32.7 Å². The number of rotatable bonds is 6. The van der Waals surface area contributed by atoms with Crippen LogP contribution in [0.2, 0.25) is 0 Å². The highest BCUT2D eigenvalue weighted by Crippen LogP contribution is 2.37. The number of hydrogen-bond acceptors (Lipinski definition) is 5. The van der Waals surface area contributed by atoms with Gasteiger partial charge >= 0.3 is 0 Å². The van der Waals surface area contributed by atoms with Crippen molar-refractivity contribution in [3.8, 4) is 17.2 Å². The van der Waals surface area contributed by atoms with E-state index >= 15 is 0 Å². The molecule has 2 aromatic rings. The van der Waals surface area contributed by atoms with Crippen molar-refractivity contribution in [3.63, 3.8) is 0 Å². The molecule has 2 rings (SSSR count). The Labute approximate surface area is 123 Å². The zero-order valence-electron chi connectivity index (χ0n) is 11.9. The molecule has 0 bridgehead atoms. The van der Waals surface area contributed by atoms with Crippen LogP contribution in [0.1, 0.15) is 17.2 Å². The van der Waals surface area contributed by atoms with Gasteiger partial charge in [-0.25, -0.2) is 0 Å². The van der Waals surface area contributed by atoms with Crippen LogP contribution in [0, 0.1) is 0 Å². The summed E-state index contributed by atoms with van der Waals surface area (Å²) in [7, 11) is 4.84. The number of nitrogens with two attached hydrogens (primary N) is 1. The molecule has 0 radical (unpaired) electrons. The van der Waals surface area contributed by atoms with Crippen LogP contribution in [0.3, 0.4) is 0 Å². The molecule has 1 aromatic carbocycles. The molecule has 4 nitrogen and oxygen atoms in total. The molecule has 0 amide bonds. The predicted molar refractivity (Wildman–Crippen MR) is 81.0 cm³/mol. The second-order valence-electron chi connectivity index (χ2n) is 4.39. The van der Waals surface area contributed by atoms with Crippen LogP contribution < -0.4 is 19.9 Å². The summed E-state index contributed by atoms with van der Waals surface area (Å²) in [5.41, 5.74) is 8.44. The molecule has 0 aliphatic heterocycles. The summed E-state index contributed by atoms with van der Waals surface area (Å²) in [5, 5.41) is 4.15. The normalized spacial score (nSPS) is 12.0. The summed E-state index contributed by atoms with van der Waals surface area (Å²) in [6.45, 7) is 0. The molecule has 0 saturated heterocycles. The molecule has 1 aromatic heterocycles. The Bertz CT molecular complexity index is 554. The molecule has 2 N–H and O–H groups in total. The van der Waals surface area contributed by atoms with Crippen molar-refractivity contribution in [2.45, 2.75) is 12.5 Å². The smallest absolute Gasteiger partial charge is 0.164 e. The Morgan fingerprint density at radius 2 is 1.70 bits per heavy atom. The van der Waals surface area contributed by atoms with Gasteiger partial charge in [-0.15, -0.1) is 0 Å². The lowest BCUT2D eigenvalue weighted by Gasteiger charge is -2.18. The molecule has 0 saturated carbocycles. The van der Waals surface area contributed by atoms with Gasteiger partial charge in [0.05, 0.1) is 21.3 Å². The number of methoxy groups -OCH3 is 3. The molecule has 5 heteroatoms. The monoisotopic (exact) mass is 293 g/mol. The Hall–Kier alpha value is -1.72. The summed E-state index contributed by atoms with van der Waals surface area (Å²) in [6, 6.07) is 5.62. The second kappa shape index (κ2) is 6.63. The van der Waals surface area contributed by atoms with Gasteiger partial charge in [0, 0.05) is 17.7 Å². The lowest BCUT2D eigenvalue weighted by atomic mass is 10.00. The molecular formula is C15H19NO3S. The predicted octanol–water partition coefficient (Wildman–Crippen LogP) is 3.02. The molecule has 108 valence electrons. The third-order valence-electron chi connectivity index (χ3n) is 3.17. The van der Waals surface area contributed by atoms with Gasteiger partial charge < -0.3 is 19.9 Å². The van der Waals surface area contributed by atoms with Crippen molar-refractivity contribution in [2.24, 2.45) is 5.73 Å². The van der Waals surface area contributed by atoms with Crippen LogP contribution in [0.15, 0.2) is 29.0 Å². The zero-order valence-corrected chi connectivity index (χ0v) is 12.7. The molecule has 0 aliphatic rings. The minimum Gasteiger partial charge on any atom is -0.496 e. The van der Waals surface area contributed by atoms with Crippen molar-refractivity contribution in [1.29, 1.82) is 0 Å². The van der Waals surface area contributed by atoms with Gasteiger partial charge in [0.2, 0.25) is 0 Å². The molecule has 1 heterocycles. The Morgan fingerprint density at radius 1 is 1.05 bits per heavy atom. The first-order valence-electron chi connectivity index (χ1n) is 6.26. The highest BCUT2D eigenvalue weighted by atomic mass is 32.1. The van der Waals surface area contributed by atoms with Crippen LogP contribution in [-0.4, -0.2) is 21.3 Å². The number of hydrogen-bond donors (Lipinski definition) is 1. The van der Waals surface area contributed by atoms with Gasteiger partial charge in [0.25, 0.3) is 0 Å². The maximum Gasteiger partial charge on any atom is 0.164 e. The SMILES string of the molecule is COc1cc(OC)c(C(N)Cc2ccsc2)cc1OC. The van der Waals surface area contributed by atoms with Crippen LogP contribution in [0.25, 0.3) is 0 Å². The zero-order chi connectivity index (χ0) is 14.5. The summed E-state index contributed by atoms with van der Waals surface area (Å²) in [4.78, 5) is 0. The van der Waals surface area contributed by atoms with E-state index in [4.69, 9.17) is 19.9 Å². The fourth-order valence-corrected chi connectivity index (χ4v) is 2.80. The maximum absolute atomic E-state index is 6.31.